The number of aryl methyl sites for hydroxylation is 1. The number of benzene rings is 3. The van der Waals surface area contributed by atoms with E-state index in [1.807, 2.05) is 67.6 Å². The zero-order chi connectivity index (χ0) is 28.4. The Balaban J connectivity index is 1.53. The average molecular weight is 594 g/mol. The van der Waals surface area contributed by atoms with Gasteiger partial charge in [0.1, 0.15) is 12.4 Å². The van der Waals surface area contributed by atoms with Crippen molar-refractivity contribution in [2.45, 2.75) is 33.4 Å². The molecule has 0 radical (unpaired) electrons. The Hall–Kier alpha value is -3.65. The first kappa shape index (κ1) is 27.9. The maximum absolute atomic E-state index is 13.8. The SMILES string of the molecule is CCOC(=O)C1=C(C)N=c2s/c(=C\c3cccc(OCc4ccc(Cl)cc4Cl)c3)c(=O)n2[C@H]1c1ccc(C)cc1. The minimum Gasteiger partial charge on any atom is -0.489 e. The highest BCUT2D eigenvalue weighted by Crippen LogP contribution is 2.31. The fourth-order valence-corrected chi connectivity index (χ4v) is 6.01. The molecule has 0 saturated carbocycles. The van der Waals surface area contributed by atoms with E-state index in [4.69, 9.17) is 32.7 Å². The largest absolute Gasteiger partial charge is 0.489 e. The number of fused-ring (bicyclic) bond motifs is 1. The summed E-state index contributed by atoms with van der Waals surface area (Å²) in [4.78, 5) is 32.0. The lowest BCUT2D eigenvalue weighted by Crippen LogP contribution is -2.39. The maximum atomic E-state index is 13.8. The minimum absolute atomic E-state index is 0.225. The molecule has 0 unspecified atom stereocenters. The summed E-state index contributed by atoms with van der Waals surface area (Å²) in [6.45, 7) is 6.02. The Kier molecular flexibility index (Phi) is 8.26. The molecule has 2 heterocycles. The van der Waals surface area contributed by atoms with Gasteiger partial charge in [0.25, 0.3) is 5.56 Å². The summed E-state index contributed by atoms with van der Waals surface area (Å²) >= 11 is 13.5. The number of allylic oxidation sites excluding steroid dienone is 1. The monoisotopic (exact) mass is 592 g/mol. The summed E-state index contributed by atoms with van der Waals surface area (Å²) in [5.74, 6) is 0.153. The number of aromatic nitrogens is 1. The fraction of sp³-hybridized carbons (Fsp3) is 0.194. The molecule has 204 valence electrons. The standard InChI is InChI=1S/C31H26Cl2N2O4S/c1-4-38-30(37)27-19(3)34-31-35(28(27)21-10-8-18(2)9-11-21)29(36)26(40-31)15-20-6-5-7-24(14-20)39-17-22-12-13-23(32)16-25(22)33/h5-16,28H,4,17H2,1-3H3/b26-15-/t28-/m0/s1. The number of halogens is 2. The second-order valence-electron chi connectivity index (χ2n) is 9.31. The molecule has 4 aromatic rings. The van der Waals surface area contributed by atoms with Crippen molar-refractivity contribution in [3.8, 4) is 5.75 Å². The van der Waals surface area contributed by atoms with Crippen LogP contribution >= 0.6 is 34.5 Å². The molecule has 5 rings (SSSR count). The Bertz CT molecular complexity index is 1810. The Labute approximate surface area is 245 Å². The Morgan fingerprint density at radius 1 is 1.07 bits per heavy atom. The van der Waals surface area contributed by atoms with Crippen molar-refractivity contribution in [3.05, 3.63) is 130 Å². The molecule has 1 aromatic heterocycles. The first-order valence-electron chi connectivity index (χ1n) is 12.7. The summed E-state index contributed by atoms with van der Waals surface area (Å²) in [6, 6.07) is 19.9. The molecule has 0 amide bonds. The molecule has 0 bridgehead atoms. The van der Waals surface area contributed by atoms with E-state index in [2.05, 4.69) is 4.99 Å². The molecule has 1 aliphatic heterocycles. The second-order valence-corrected chi connectivity index (χ2v) is 11.2. The van der Waals surface area contributed by atoms with Crippen molar-refractivity contribution in [3.63, 3.8) is 0 Å². The van der Waals surface area contributed by atoms with Gasteiger partial charge in [0.2, 0.25) is 0 Å². The van der Waals surface area contributed by atoms with Crippen molar-refractivity contribution in [1.82, 2.24) is 4.57 Å². The van der Waals surface area contributed by atoms with Crippen molar-refractivity contribution in [1.29, 1.82) is 0 Å². The molecule has 0 spiro atoms. The summed E-state index contributed by atoms with van der Waals surface area (Å²) in [7, 11) is 0. The van der Waals surface area contributed by atoms with Crippen LogP contribution in [0.1, 0.15) is 42.1 Å². The average Bonchev–Trinajstić information content (AvgIpc) is 3.22. The van der Waals surface area contributed by atoms with Crippen LogP contribution in [0.25, 0.3) is 6.08 Å². The molecule has 0 fully saturated rings. The molecular formula is C31H26Cl2N2O4S. The van der Waals surface area contributed by atoms with E-state index < -0.39 is 12.0 Å². The van der Waals surface area contributed by atoms with E-state index in [9.17, 15) is 9.59 Å². The third kappa shape index (κ3) is 5.77. The van der Waals surface area contributed by atoms with Crippen LogP contribution in [-0.2, 0) is 16.1 Å². The van der Waals surface area contributed by atoms with Gasteiger partial charge < -0.3 is 9.47 Å². The number of carbonyl (C=O) groups is 1. The zero-order valence-corrected chi connectivity index (χ0v) is 24.4. The van der Waals surface area contributed by atoms with E-state index >= 15 is 0 Å². The predicted molar refractivity (Wildman–Crippen MR) is 159 cm³/mol. The number of hydrogen-bond donors (Lipinski definition) is 0. The predicted octanol–water partition coefficient (Wildman–Crippen LogP) is 5.99. The van der Waals surface area contributed by atoms with Crippen LogP contribution in [0.4, 0.5) is 0 Å². The molecule has 40 heavy (non-hydrogen) atoms. The molecular weight excluding hydrogens is 567 g/mol. The molecule has 1 aliphatic rings. The van der Waals surface area contributed by atoms with Crippen LogP contribution in [0.5, 0.6) is 5.75 Å². The number of carbonyl (C=O) groups excluding carboxylic acids is 1. The normalized spacial score (nSPS) is 15.0. The summed E-state index contributed by atoms with van der Waals surface area (Å²) < 4.78 is 13.4. The van der Waals surface area contributed by atoms with Crippen molar-refractivity contribution in [2.75, 3.05) is 6.61 Å². The van der Waals surface area contributed by atoms with Crippen molar-refractivity contribution >= 4 is 46.6 Å². The lowest BCUT2D eigenvalue weighted by Gasteiger charge is -2.24. The van der Waals surface area contributed by atoms with E-state index in [1.54, 1.807) is 30.5 Å². The summed E-state index contributed by atoms with van der Waals surface area (Å²) in [5, 5.41) is 1.09. The van der Waals surface area contributed by atoms with Gasteiger partial charge >= 0.3 is 5.97 Å². The van der Waals surface area contributed by atoms with Gasteiger partial charge in [-0.1, -0.05) is 82.6 Å². The van der Waals surface area contributed by atoms with Crippen LogP contribution in [0, 0.1) is 6.92 Å². The maximum Gasteiger partial charge on any atom is 0.338 e. The van der Waals surface area contributed by atoms with Crippen LogP contribution in [0.15, 0.2) is 87.8 Å². The molecule has 9 heteroatoms. The highest BCUT2D eigenvalue weighted by molar-refractivity contribution is 7.07. The molecule has 0 saturated heterocycles. The van der Waals surface area contributed by atoms with Crippen LogP contribution in [-0.4, -0.2) is 17.1 Å². The smallest absolute Gasteiger partial charge is 0.338 e. The van der Waals surface area contributed by atoms with Crippen LogP contribution < -0.4 is 19.6 Å². The minimum atomic E-state index is -0.642. The zero-order valence-electron chi connectivity index (χ0n) is 22.1. The Morgan fingerprint density at radius 2 is 1.85 bits per heavy atom. The van der Waals surface area contributed by atoms with E-state index in [1.165, 1.54) is 11.3 Å². The molecule has 0 aliphatic carbocycles. The van der Waals surface area contributed by atoms with Crippen molar-refractivity contribution < 1.29 is 14.3 Å². The van der Waals surface area contributed by atoms with Crippen LogP contribution in [0.2, 0.25) is 10.0 Å². The van der Waals surface area contributed by atoms with Crippen molar-refractivity contribution in [2.24, 2.45) is 4.99 Å². The fourth-order valence-electron chi connectivity index (χ4n) is 4.50. The molecule has 1 atom stereocenters. The van der Waals surface area contributed by atoms with Gasteiger partial charge in [-0.2, -0.15) is 0 Å². The van der Waals surface area contributed by atoms with Gasteiger partial charge in [-0.25, -0.2) is 9.79 Å². The lowest BCUT2D eigenvalue weighted by molar-refractivity contribution is -0.139. The molecule has 3 aromatic carbocycles. The highest BCUT2D eigenvalue weighted by Gasteiger charge is 2.33. The van der Waals surface area contributed by atoms with E-state index in [0.29, 0.717) is 36.4 Å². The number of thiazole rings is 1. The lowest BCUT2D eigenvalue weighted by atomic mass is 9.95. The topological polar surface area (TPSA) is 69.9 Å². The number of esters is 1. The quantitative estimate of drug-likeness (QED) is 0.247. The van der Waals surface area contributed by atoms with E-state index in [0.717, 1.165) is 22.3 Å². The summed E-state index contributed by atoms with van der Waals surface area (Å²) in [5.41, 5.74) is 4.16. The number of nitrogens with zero attached hydrogens (tertiary/aromatic N) is 2. The highest BCUT2D eigenvalue weighted by atomic mass is 35.5. The van der Waals surface area contributed by atoms with E-state index in [-0.39, 0.29) is 18.8 Å². The van der Waals surface area contributed by atoms with Gasteiger partial charge in [0.15, 0.2) is 4.80 Å². The molecule has 0 N–H and O–H groups in total. The Morgan fingerprint density at radius 3 is 2.58 bits per heavy atom. The van der Waals surface area contributed by atoms with Gasteiger partial charge in [-0.3, -0.25) is 9.36 Å². The van der Waals surface area contributed by atoms with Gasteiger partial charge in [0, 0.05) is 15.6 Å². The first-order valence-corrected chi connectivity index (χ1v) is 14.3. The number of rotatable bonds is 7. The van der Waals surface area contributed by atoms with Gasteiger partial charge in [-0.05, 0) is 62.2 Å². The third-order valence-corrected chi connectivity index (χ3v) is 8.05. The third-order valence-electron chi connectivity index (χ3n) is 6.48. The molecule has 6 nitrogen and oxygen atoms in total. The number of hydrogen-bond acceptors (Lipinski definition) is 6. The van der Waals surface area contributed by atoms with Gasteiger partial charge in [0.05, 0.1) is 28.5 Å². The first-order chi connectivity index (χ1) is 19.2. The van der Waals surface area contributed by atoms with Gasteiger partial charge in [-0.15, -0.1) is 0 Å². The summed E-state index contributed by atoms with van der Waals surface area (Å²) in [6.07, 6.45) is 1.81. The number of ether oxygens (including phenoxy) is 2. The second kappa shape index (κ2) is 11.8. The van der Waals surface area contributed by atoms with Crippen LogP contribution in [0.3, 0.4) is 0 Å².